The van der Waals surface area contributed by atoms with Crippen LogP contribution in [0.4, 0.5) is 16.2 Å². The molecule has 154 valence electrons. The number of urea groups is 1. The van der Waals surface area contributed by atoms with Crippen molar-refractivity contribution in [2.45, 2.75) is 20.0 Å². The van der Waals surface area contributed by atoms with Crippen molar-refractivity contribution in [3.63, 3.8) is 0 Å². The lowest BCUT2D eigenvalue weighted by atomic mass is 10.1. The zero-order valence-electron chi connectivity index (χ0n) is 16.5. The first-order chi connectivity index (χ1) is 14.5. The van der Waals surface area contributed by atoms with Crippen LogP contribution in [0.3, 0.4) is 0 Å². The molecule has 10 heteroatoms. The molecule has 0 fully saturated rings. The third kappa shape index (κ3) is 4.00. The van der Waals surface area contributed by atoms with Crippen LogP contribution in [0.25, 0.3) is 16.0 Å². The highest BCUT2D eigenvalue weighted by molar-refractivity contribution is 7.18. The first kappa shape index (κ1) is 20.3. The summed E-state index contributed by atoms with van der Waals surface area (Å²) in [6, 6.07) is 6.60. The number of hydrogen-bond donors (Lipinski definition) is 2. The molecular weight excluding hydrogens is 424 g/mol. The highest BCUT2D eigenvalue weighted by atomic mass is 35.5. The molecule has 3 heterocycles. The summed E-state index contributed by atoms with van der Waals surface area (Å²) in [5, 5.41) is 11.2. The normalized spacial score (nSPS) is 12.1. The lowest BCUT2D eigenvalue weighted by Gasteiger charge is -2.16. The number of nitrogens with zero attached hydrogens (tertiary/aromatic N) is 4. The Bertz CT molecular complexity index is 1210. The molecule has 3 aromatic heterocycles. The Balaban J connectivity index is 1.57. The van der Waals surface area contributed by atoms with Crippen LogP contribution >= 0.6 is 22.9 Å². The van der Waals surface area contributed by atoms with Gasteiger partial charge in [0.15, 0.2) is 0 Å². The molecule has 4 aromatic rings. The van der Waals surface area contributed by atoms with Gasteiger partial charge in [-0.25, -0.2) is 19.4 Å². The molecule has 30 heavy (non-hydrogen) atoms. The topological polar surface area (TPSA) is 94.0 Å². The summed E-state index contributed by atoms with van der Waals surface area (Å²) in [5.74, 6) is 0. The standard InChI is InChI=1S/C20H19ClN6O2S/c1-11(29-3)17-15(10-22-19-18(17)24-12(2)30-19)26-20(28)25-13-5-6-16(14(21)9-13)27-8-4-7-23-27/h4-11H,1-3H3,(H2,25,26,28)/t11-/m0/s1. The van der Waals surface area contributed by atoms with E-state index in [4.69, 9.17) is 16.3 Å². The van der Waals surface area contributed by atoms with Gasteiger partial charge in [-0.15, -0.1) is 0 Å². The summed E-state index contributed by atoms with van der Waals surface area (Å²) in [6.45, 7) is 3.82. The van der Waals surface area contributed by atoms with Crippen molar-refractivity contribution < 1.29 is 9.53 Å². The van der Waals surface area contributed by atoms with Crippen molar-refractivity contribution in [2.75, 3.05) is 17.7 Å². The van der Waals surface area contributed by atoms with Crippen LogP contribution in [-0.4, -0.2) is 32.9 Å². The molecule has 0 saturated heterocycles. The van der Waals surface area contributed by atoms with E-state index in [0.29, 0.717) is 16.4 Å². The second-order valence-electron chi connectivity index (χ2n) is 6.55. The first-order valence-electron chi connectivity index (χ1n) is 9.12. The predicted octanol–water partition coefficient (Wildman–Crippen LogP) is 5.19. The van der Waals surface area contributed by atoms with Crippen molar-refractivity contribution in [3.8, 4) is 5.69 Å². The highest BCUT2D eigenvalue weighted by Gasteiger charge is 2.20. The van der Waals surface area contributed by atoms with Crippen molar-refractivity contribution in [1.29, 1.82) is 0 Å². The Morgan fingerprint density at radius 1 is 1.33 bits per heavy atom. The van der Waals surface area contributed by atoms with Crippen LogP contribution in [0, 0.1) is 6.92 Å². The van der Waals surface area contributed by atoms with Gasteiger partial charge in [-0.2, -0.15) is 5.10 Å². The fourth-order valence-electron chi connectivity index (χ4n) is 3.09. The molecular formula is C20H19ClN6O2S. The number of rotatable bonds is 5. The minimum Gasteiger partial charge on any atom is -0.377 e. The van der Waals surface area contributed by atoms with E-state index in [1.54, 1.807) is 48.6 Å². The number of carbonyl (C=O) groups is 1. The number of carbonyl (C=O) groups excluding carboxylic acids is 1. The number of aromatic nitrogens is 4. The maximum absolute atomic E-state index is 12.6. The SMILES string of the molecule is CO[C@@H](C)c1c(NC(=O)Nc2ccc(-n3cccn3)c(Cl)c2)cnc2sc(C)nc12. The van der Waals surface area contributed by atoms with Crippen molar-refractivity contribution in [3.05, 3.63) is 58.4 Å². The Hall–Kier alpha value is -3.01. The summed E-state index contributed by atoms with van der Waals surface area (Å²) < 4.78 is 7.15. The lowest BCUT2D eigenvalue weighted by Crippen LogP contribution is -2.21. The number of amides is 2. The molecule has 0 bridgehead atoms. The van der Waals surface area contributed by atoms with Gasteiger partial charge in [0.05, 0.1) is 33.7 Å². The van der Waals surface area contributed by atoms with Crippen molar-refractivity contribution >= 4 is 50.7 Å². The number of fused-ring (bicyclic) bond motifs is 1. The van der Waals surface area contributed by atoms with Crippen LogP contribution in [0.15, 0.2) is 42.9 Å². The number of nitrogens with one attached hydrogen (secondary N) is 2. The third-order valence-electron chi connectivity index (χ3n) is 4.54. The number of aryl methyl sites for hydroxylation is 1. The quantitative estimate of drug-likeness (QED) is 0.443. The van der Waals surface area contributed by atoms with Crippen LogP contribution < -0.4 is 10.6 Å². The molecule has 2 N–H and O–H groups in total. The molecule has 0 aliphatic carbocycles. The Morgan fingerprint density at radius 3 is 2.87 bits per heavy atom. The van der Waals surface area contributed by atoms with Gasteiger partial charge >= 0.3 is 6.03 Å². The van der Waals surface area contributed by atoms with Crippen molar-refractivity contribution in [2.24, 2.45) is 0 Å². The number of anilines is 2. The van der Waals surface area contributed by atoms with Gasteiger partial charge in [0.1, 0.15) is 10.3 Å². The van der Waals surface area contributed by atoms with Gasteiger partial charge < -0.3 is 15.4 Å². The number of halogens is 1. The lowest BCUT2D eigenvalue weighted by molar-refractivity contribution is 0.121. The average molecular weight is 443 g/mol. The molecule has 0 unspecified atom stereocenters. The largest absolute Gasteiger partial charge is 0.377 e. The van der Waals surface area contributed by atoms with E-state index in [0.717, 1.165) is 26.6 Å². The smallest absolute Gasteiger partial charge is 0.323 e. The minimum atomic E-state index is -0.421. The molecule has 0 radical (unpaired) electrons. The van der Waals surface area contributed by atoms with E-state index in [1.807, 2.05) is 19.9 Å². The van der Waals surface area contributed by atoms with Crippen LogP contribution in [-0.2, 0) is 4.74 Å². The van der Waals surface area contributed by atoms with E-state index in [9.17, 15) is 4.79 Å². The van der Waals surface area contributed by atoms with Gasteiger partial charge in [-0.1, -0.05) is 22.9 Å². The number of ether oxygens (including phenoxy) is 1. The molecule has 8 nitrogen and oxygen atoms in total. The van der Waals surface area contributed by atoms with Crippen LogP contribution in [0.2, 0.25) is 5.02 Å². The fraction of sp³-hybridized carbons (Fsp3) is 0.200. The zero-order valence-corrected chi connectivity index (χ0v) is 18.1. The van der Waals surface area contributed by atoms with E-state index in [1.165, 1.54) is 11.3 Å². The van der Waals surface area contributed by atoms with E-state index < -0.39 is 6.03 Å². The summed E-state index contributed by atoms with van der Waals surface area (Å²) >= 11 is 7.85. The average Bonchev–Trinajstić information content (AvgIpc) is 3.36. The van der Waals surface area contributed by atoms with Gasteiger partial charge in [0.2, 0.25) is 0 Å². The summed E-state index contributed by atoms with van der Waals surface area (Å²) in [6.07, 6.45) is 4.82. The number of pyridine rings is 1. The van der Waals surface area contributed by atoms with Gasteiger partial charge in [0.25, 0.3) is 0 Å². The highest BCUT2D eigenvalue weighted by Crippen LogP contribution is 2.33. The number of hydrogen-bond acceptors (Lipinski definition) is 6. The fourth-order valence-corrected chi connectivity index (χ4v) is 4.14. The Labute approximate surface area is 181 Å². The van der Waals surface area contributed by atoms with E-state index in [2.05, 4.69) is 25.7 Å². The van der Waals surface area contributed by atoms with Crippen LogP contribution in [0.5, 0.6) is 0 Å². The van der Waals surface area contributed by atoms with Crippen LogP contribution in [0.1, 0.15) is 23.6 Å². The Morgan fingerprint density at radius 2 is 2.17 bits per heavy atom. The second-order valence-corrected chi connectivity index (χ2v) is 8.13. The molecule has 0 spiro atoms. The van der Waals surface area contributed by atoms with Gasteiger partial charge in [0, 0.05) is 30.8 Å². The molecule has 4 rings (SSSR count). The summed E-state index contributed by atoms with van der Waals surface area (Å²) in [7, 11) is 1.61. The molecule has 0 aliphatic heterocycles. The number of thiazole rings is 1. The molecule has 0 saturated carbocycles. The second kappa shape index (κ2) is 8.39. The summed E-state index contributed by atoms with van der Waals surface area (Å²) in [4.78, 5) is 22.4. The number of methoxy groups -OCH3 is 1. The summed E-state index contributed by atoms with van der Waals surface area (Å²) in [5.41, 5.74) is 3.33. The molecule has 0 aliphatic rings. The van der Waals surface area contributed by atoms with Crippen molar-refractivity contribution in [1.82, 2.24) is 19.7 Å². The number of benzene rings is 1. The molecule has 1 atom stereocenters. The van der Waals surface area contributed by atoms with E-state index >= 15 is 0 Å². The Kier molecular flexibility index (Phi) is 5.67. The zero-order chi connectivity index (χ0) is 21.3. The molecule has 2 amide bonds. The van der Waals surface area contributed by atoms with Gasteiger partial charge in [-0.3, -0.25) is 0 Å². The van der Waals surface area contributed by atoms with Gasteiger partial charge in [-0.05, 0) is 38.1 Å². The maximum atomic E-state index is 12.6. The monoisotopic (exact) mass is 442 g/mol. The third-order valence-corrected chi connectivity index (χ3v) is 5.72. The molecule has 1 aromatic carbocycles. The predicted molar refractivity (Wildman–Crippen MR) is 119 cm³/mol. The maximum Gasteiger partial charge on any atom is 0.323 e. The first-order valence-corrected chi connectivity index (χ1v) is 10.3. The van der Waals surface area contributed by atoms with E-state index in [-0.39, 0.29) is 6.10 Å². The minimum absolute atomic E-state index is 0.268.